The molecule has 0 radical (unpaired) electrons. The van der Waals surface area contributed by atoms with Crippen molar-refractivity contribution < 1.29 is 0 Å². The third-order valence-electron chi connectivity index (χ3n) is 3.99. The number of hydrogen-bond acceptors (Lipinski definition) is 3. The summed E-state index contributed by atoms with van der Waals surface area (Å²) in [6, 6.07) is 0.527. The molecule has 2 atom stereocenters. The van der Waals surface area contributed by atoms with Crippen molar-refractivity contribution >= 4 is 27.4 Å². The highest BCUT2D eigenvalue weighted by molar-refractivity contribution is 9.10. The molecule has 0 amide bonds. The fraction of sp³-hybridized carbons (Fsp3) is 0.643. The van der Waals surface area contributed by atoms with E-state index in [0.29, 0.717) is 12.0 Å². The third-order valence-corrected chi connectivity index (χ3v) is 4.96. The Kier molecular flexibility index (Phi) is 4.49. The fourth-order valence-corrected chi connectivity index (χ4v) is 3.02. The van der Waals surface area contributed by atoms with E-state index < -0.39 is 0 Å². The molecular weight excluding hydrogens is 290 g/mol. The summed E-state index contributed by atoms with van der Waals surface area (Å²) >= 11 is 3.59. The summed E-state index contributed by atoms with van der Waals surface area (Å²) in [4.78, 5) is 4.41. The number of anilines is 2. The smallest absolute Gasteiger partial charge is 0.140 e. The number of halogens is 1. The Labute approximate surface area is 118 Å². The molecule has 1 fully saturated rings. The van der Waals surface area contributed by atoms with E-state index in [4.69, 9.17) is 5.73 Å². The quantitative estimate of drug-likeness (QED) is 0.808. The zero-order chi connectivity index (χ0) is 13.1. The van der Waals surface area contributed by atoms with Gasteiger partial charge in [-0.15, -0.1) is 0 Å². The Morgan fingerprint density at radius 3 is 2.83 bits per heavy atom. The Hall–Kier alpha value is -0.770. The minimum Gasteiger partial charge on any atom is -0.397 e. The molecule has 1 aromatic rings. The molecule has 1 aliphatic rings. The molecule has 0 saturated heterocycles. The second-order valence-electron chi connectivity index (χ2n) is 5.37. The Balaban J connectivity index is 2.15. The average Bonchev–Trinajstić information content (AvgIpc) is 2.56. The van der Waals surface area contributed by atoms with Crippen molar-refractivity contribution in [1.29, 1.82) is 0 Å². The van der Waals surface area contributed by atoms with Crippen LogP contribution in [-0.2, 0) is 0 Å². The van der Waals surface area contributed by atoms with Gasteiger partial charge in [-0.1, -0.05) is 26.2 Å². The minimum absolute atomic E-state index is 0.527. The second kappa shape index (κ2) is 5.91. The van der Waals surface area contributed by atoms with E-state index in [9.17, 15) is 0 Å². The first-order chi connectivity index (χ1) is 8.59. The van der Waals surface area contributed by atoms with Crippen molar-refractivity contribution in [3.63, 3.8) is 0 Å². The zero-order valence-electron chi connectivity index (χ0n) is 11.2. The minimum atomic E-state index is 0.527. The monoisotopic (exact) mass is 311 g/mol. The molecule has 0 aromatic carbocycles. The molecule has 1 aliphatic carbocycles. The van der Waals surface area contributed by atoms with Crippen LogP contribution in [0.4, 0.5) is 11.5 Å². The number of nitrogens with two attached hydrogens (primary N) is 1. The van der Waals surface area contributed by atoms with Gasteiger partial charge in [0.2, 0.25) is 0 Å². The first kappa shape index (κ1) is 13.7. The van der Waals surface area contributed by atoms with Crippen molar-refractivity contribution in [3.8, 4) is 0 Å². The summed E-state index contributed by atoms with van der Waals surface area (Å²) in [7, 11) is 0. The predicted octanol–water partition coefficient (Wildman–Crippen LogP) is 4.12. The SMILES string of the molecule is Cc1c(N)cnc(NC2CCCCCC2C)c1Br. The molecule has 0 aliphatic heterocycles. The van der Waals surface area contributed by atoms with Crippen LogP contribution in [0.5, 0.6) is 0 Å². The molecular formula is C14H22BrN3. The lowest BCUT2D eigenvalue weighted by atomic mass is 9.97. The van der Waals surface area contributed by atoms with Crippen molar-refractivity contribution in [2.75, 3.05) is 11.1 Å². The maximum Gasteiger partial charge on any atom is 0.140 e. The molecule has 0 bridgehead atoms. The molecule has 1 saturated carbocycles. The van der Waals surface area contributed by atoms with Gasteiger partial charge >= 0.3 is 0 Å². The van der Waals surface area contributed by atoms with Crippen molar-refractivity contribution in [2.24, 2.45) is 5.92 Å². The van der Waals surface area contributed by atoms with Gasteiger partial charge < -0.3 is 11.1 Å². The molecule has 4 heteroatoms. The van der Waals surface area contributed by atoms with Gasteiger partial charge in [-0.2, -0.15) is 0 Å². The van der Waals surface area contributed by atoms with Crippen LogP contribution in [0, 0.1) is 12.8 Å². The van der Waals surface area contributed by atoms with Crippen molar-refractivity contribution in [3.05, 3.63) is 16.2 Å². The van der Waals surface area contributed by atoms with Gasteiger partial charge in [-0.25, -0.2) is 4.98 Å². The maximum absolute atomic E-state index is 5.85. The summed E-state index contributed by atoms with van der Waals surface area (Å²) in [6.07, 6.45) is 8.31. The average molecular weight is 312 g/mol. The molecule has 1 aromatic heterocycles. The highest BCUT2D eigenvalue weighted by Gasteiger charge is 2.21. The van der Waals surface area contributed by atoms with E-state index in [1.807, 2.05) is 6.92 Å². The van der Waals surface area contributed by atoms with Gasteiger partial charge in [0.1, 0.15) is 5.82 Å². The molecule has 3 N–H and O–H groups in total. The normalized spacial score (nSPS) is 24.6. The summed E-state index contributed by atoms with van der Waals surface area (Å²) in [6.45, 7) is 4.35. The summed E-state index contributed by atoms with van der Waals surface area (Å²) in [5, 5.41) is 3.59. The van der Waals surface area contributed by atoms with Crippen molar-refractivity contribution in [1.82, 2.24) is 4.98 Å². The predicted molar refractivity (Wildman–Crippen MR) is 80.7 cm³/mol. The fourth-order valence-electron chi connectivity index (χ4n) is 2.58. The molecule has 0 spiro atoms. The number of nitrogens with one attached hydrogen (secondary N) is 1. The van der Waals surface area contributed by atoms with E-state index in [0.717, 1.165) is 21.5 Å². The van der Waals surface area contributed by atoms with Gasteiger partial charge in [0.05, 0.1) is 16.4 Å². The first-order valence-electron chi connectivity index (χ1n) is 6.76. The molecule has 2 rings (SSSR count). The number of nitrogen functional groups attached to an aromatic ring is 1. The van der Waals surface area contributed by atoms with Crippen LogP contribution in [0.3, 0.4) is 0 Å². The van der Waals surface area contributed by atoms with Crippen molar-refractivity contribution in [2.45, 2.75) is 52.0 Å². The van der Waals surface area contributed by atoms with Crippen LogP contribution in [0.15, 0.2) is 10.7 Å². The molecule has 100 valence electrons. The lowest BCUT2D eigenvalue weighted by molar-refractivity contribution is 0.455. The first-order valence-corrected chi connectivity index (χ1v) is 7.56. The van der Waals surface area contributed by atoms with Gasteiger partial charge in [0.25, 0.3) is 0 Å². The number of pyridine rings is 1. The topological polar surface area (TPSA) is 50.9 Å². The van der Waals surface area contributed by atoms with Crippen LogP contribution >= 0.6 is 15.9 Å². The number of aromatic nitrogens is 1. The second-order valence-corrected chi connectivity index (χ2v) is 6.16. The standard InChI is InChI=1S/C14H22BrN3/c1-9-6-4-3-5-7-12(9)18-14-13(15)10(2)11(16)8-17-14/h8-9,12H,3-7,16H2,1-2H3,(H,17,18). The Bertz CT molecular complexity index is 420. The van der Waals surface area contributed by atoms with Gasteiger partial charge in [0, 0.05) is 6.04 Å². The van der Waals surface area contributed by atoms with E-state index in [1.165, 1.54) is 32.1 Å². The van der Waals surface area contributed by atoms with Crippen LogP contribution in [0.25, 0.3) is 0 Å². The highest BCUT2D eigenvalue weighted by atomic mass is 79.9. The van der Waals surface area contributed by atoms with Crippen LogP contribution < -0.4 is 11.1 Å². The third kappa shape index (κ3) is 2.97. The van der Waals surface area contributed by atoms with E-state index in [2.05, 4.69) is 33.2 Å². The van der Waals surface area contributed by atoms with Crippen LogP contribution in [0.1, 0.15) is 44.6 Å². The maximum atomic E-state index is 5.85. The Morgan fingerprint density at radius 2 is 2.06 bits per heavy atom. The Morgan fingerprint density at radius 1 is 1.33 bits per heavy atom. The van der Waals surface area contributed by atoms with E-state index in [1.54, 1.807) is 6.20 Å². The van der Waals surface area contributed by atoms with Gasteiger partial charge in [0.15, 0.2) is 0 Å². The molecule has 18 heavy (non-hydrogen) atoms. The zero-order valence-corrected chi connectivity index (χ0v) is 12.8. The van der Waals surface area contributed by atoms with Crippen LogP contribution in [-0.4, -0.2) is 11.0 Å². The number of rotatable bonds is 2. The van der Waals surface area contributed by atoms with E-state index in [-0.39, 0.29) is 0 Å². The summed E-state index contributed by atoms with van der Waals surface area (Å²) in [5.41, 5.74) is 7.66. The van der Waals surface area contributed by atoms with Crippen LogP contribution in [0.2, 0.25) is 0 Å². The molecule has 3 nitrogen and oxygen atoms in total. The highest BCUT2D eigenvalue weighted by Crippen LogP contribution is 2.31. The lowest BCUT2D eigenvalue weighted by Gasteiger charge is -2.24. The van der Waals surface area contributed by atoms with Gasteiger partial charge in [-0.3, -0.25) is 0 Å². The lowest BCUT2D eigenvalue weighted by Crippen LogP contribution is -2.27. The molecule has 2 unspecified atom stereocenters. The molecule has 1 heterocycles. The number of hydrogen-bond donors (Lipinski definition) is 2. The number of nitrogens with zero attached hydrogens (tertiary/aromatic N) is 1. The summed E-state index contributed by atoms with van der Waals surface area (Å²) in [5.74, 6) is 1.64. The largest absolute Gasteiger partial charge is 0.397 e. The van der Waals surface area contributed by atoms with Gasteiger partial charge in [-0.05, 0) is 47.2 Å². The van der Waals surface area contributed by atoms with E-state index >= 15 is 0 Å². The summed E-state index contributed by atoms with van der Waals surface area (Å²) < 4.78 is 0.999.